The molecule has 2 aromatic rings. The van der Waals surface area contributed by atoms with Crippen LogP contribution in [0.5, 0.6) is 0 Å². The van der Waals surface area contributed by atoms with Crippen LogP contribution in [0.3, 0.4) is 0 Å². The summed E-state index contributed by atoms with van der Waals surface area (Å²) in [5.74, 6) is 0. The maximum atomic E-state index is 6.34. The summed E-state index contributed by atoms with van der Waals surface area (Å²) < 4.78 is 0.980. The SMILES string of the molecule is CCCNC(Cc1ccc(Br)cn1)c1ccc(Cl)cc1Cl. The third kappa shape index (κ3) is 4.96. The van der Waals surface area contributed by atoms with E-state index in [9.17, 15) is 0 Å². The molecule has 5 heteroatoms. The van der Waals surface area contributed by atoms with E-state index in [1.807, 2.05) is 30.5 Å². The minimum Gasteiger partial charge on any atom is -0.310 e. The number of benzene rings is 1. The molecule has 112 valence electrons. The summed E-state index contributed by atoms with van der Waals surface area (Å²) in [5, 5.41) is 4.87. The number of hydrogen-bond donors (Lipinski definition) is 1. The van der Waals surface area contributed by atoms with Gasteiger partial charge in [-0.05, 0) is 58.7 Å². The highest BCUT2D eigenvalue weighted by atomic mass is 79.9. The van der Waals surface area contributed by atoms with E-state index in [4.69, 9.17) is 23.2 Å². The molecule has 0 aliphatic rings. The van der Waals surface area contributed by atoms with Gasteiger partial charge < -0.3 is 5.32 Å². The minimum atomic E-state index is 0.128. The van der Waals surface area contributed by atoms with Crippen molar-refractivity contribution in [2.24, 2.45) is 0 Å². The van der Waals surface area contributed by atoms with Crippen molar-refractivity contribution in [3.05, 3.63) is 62.3 Å². The van der Waals surface area contributed by atoms with Crippen molar-refractivity contribution in [3.63, 3.8) is 0 Å². The van der Waals surface area contributed by atoms with Crippen molar-refractivity contribution < 1.29 is 0 Å². The summed E-state index contributed by atoms with van der Waals surface area (Å²) in [6.45, 7) is 3.07. The second-order valence-corrected chi connectivity index (χ2v) is 6.60. The highest BCUT2D eigenvalue weighted by Gasteiger charge is 2.15. The molecule has 1 unspecified atom stereocenters. The third-order valence-electron chi connectivity index (χ3n) is 3.18. The van der Waals surface area contributed by atoms with Crippen LogP contribution in [0.15, 0.2) is 41.0 Å². The first-order valence-corrected chi connectivity index (χ1v) is 8.43. The van der Waals surface area contributed by atoms with Crippen LogP contribution < -0.4 is 5.32 Å². The lowest BCUT2D eigenvalue weighted by atomic mass is 10.0. The van der Waals surface area contributed by atoms with Crippen LogP contribution in [0.1, 0.15) is 30.6 Å². The first-order valence-electron chi connectivity index (χ1n) is 6.89. The fraction of sp³-hybridized carbons (Fsp3) is 0.312. The van der Waals surface area contributed by atoms with Crippen LogP contribution in [0.25, 0.3) is 0 Å². The van der Waals surface area contributed by atoms with Crippen LogP contribution >= 0.6 is 39.1 Å². The van der Waals surface area contributed by atoms with E-state index in [1.165, 1.54) is 0 Å². The topological polar surface area (TPSA) is 24.9 Å². The zero-order valence-electron chi connectivity index (χ0n) is 11.7. The molecular weight excluding hydrogens is 371 g/mol. The first kappa shape index (κ1) is 16.8. The number of pyridine rings is 1. The summed E-state index contributed by atoms with van der Waals surface area (Å²) in [6, 6.07) is 9.80. The van der Waals surface area contributed by atoms with Gasteiger partial charge in [0.25, 0.3) is 0 Å². The molecule has 1 aromatic heterocycles. The summed E-state index contributed by atoms with van der Waals surface area (Å²) in [5.41, 5.74) is 2.08. The first-order chi connectivity index (χ1) is 10.1. The number of aromatic nitrogens is 1. The molecule has 0 aliphatic heterocycles. The molecule has 1 aromatic carbocycles. The molecule has 0 saturated heterocycles. The maximum absolute atomic E-state index is 6.34. The molecule has 2 rings (SSSR count). The Hall–Kier alpha value is -0.610. The largest absolute Gasteiger partial charge is 0.310 e. The van der Waals surface area contributed by atoms with Gasteiger partial charge in [0.15, 0.2) is 0 Å². The predicted molar refractivity (Wildman–Crippen MR) is 93.1 cm³/mol. The molecule has 0 bridgehead atoms. The van der Waals surface area contributed by atoms with E-state index < -0.39 is 0 Å². The third-order valence-corrected chi connectivity index (χ3v) is 4.21. The van der Waals surface area contributed by atoms with Gasteiger partial charge in [-0.15, -0.1) is 0 Å². The summed E-state index contributed by atoms with van der Waals surface area (Å²) in [4.78, 5) is 4.44. The lowest BCUT2D eigenvalue weighted by Gasteiger charge is -2.20. The van der Waals surface area contributed by atoms with E-state index >= 15 is 0 Å². The van der Waals surface area contributed by atoms with Crippen LogP contribution in [0.4, 0.5) is 0 Å². The van der Waals surface area contributed by atoms with Gasteiger partial charge in [0.05, 0.1) is 0 Å². The number of nitrogens with zero attached hydrogens (tertiary/aromatic N) is 1. The fourth-order valence-corrected chi connectivity index (χ4v) is 2.91. The number of nitrogens with one attached hydrogen (secondary N) is 1. The summed E-state index contributed by atoms with van der Waals surface area (Å²) in [6.07, 6.45) is 3.67. The average Bonchev–Trinajstić information content (AvgIpc) is 2.46. The van der Waals surface area contributed by atoms with Gasteiger partial charge in [-0.1, -0.05) is 36.2 Å². The second kappa shape index (κ2) is 8.14. The lowest BCUT2D eigenvalue weighted by molar-refractivity contribution is 0.524. The zero-order chi connectivity index (χ0) is 15.2. The van der Waals surface area contributed by atoms with Gasteiger partial charge in [-0.25, -0.2) is 0 Å². The Morgan fingerprint density at radius 2 is 2.05 bits per heavy atom. The van der Waals surface area contributed by atoms with Gasteiger partial charge in [-0.3, -0.25) is 4.98 Å². The monoisotopic (exact) mass is 386 g/mol. The summed E-state index contributed by atoms with van der Waals surface area (Å²) in [7, 11) is 0. The Morgan fingerprint density at radius 3 is 2.67 bits per heavy atom. The standard InChI is InChI=1S/C16H17BrCl2N2/c1-2-7-20-16(9-13-5-3-11(17)10-21-13)14-6-4-12(18)8-15(14)19/h3-6,8,10,16,20H,2,7,9H2,1H3. The van der Waals surface area contributed by atoms with Crippen molar-refractivity contribution >= 4 is 39.1 Å². The molecule has 1 N–H and O–H groups in total. The van der Waals surface area contributed by atoms with E-state index in [0.29, 0.717) is 10.0 Å². The molecule has 0 fully saturated rings. The van der Waals surface area contributed by atoms with Crippen LogP contribution in [-0.4, -0.2) is 11.5 Å². The molecule has 0 amide bonds. The van der Waals surface area contributed by atoms with Gasteiger partial charge in [0.1, 0.15) is 0 Å². The Balaban J connectivity index is 2.22. The fourth-order valence-electron chi connectivity index (χ4n) is 2.13. The normalized spacial score (nSPS) is 12.4. The van der Waals surface area contributed by atoms with E-state index in [-0.39, 0.29) is 6.04 Å². The Kier molecular flexibility index (Phi) is 6.49. The maximum Gasteiger partial charge on any atom is 0.0468 e. The zero-order valence-corrected chi connectivity index (χ0v) is 14.8. The molecule has 0 radical (unpaired) electrons. The number of halogens is 3. The van der Waals surface area contributed by atoms with Crippen molar-refractivity contribution in [1.82, 2.24) is 10.3 Å². The molecule has 0 aliphatic carbocycles. The van der Waals surface area contributed by atoms with Crippen LogP contribution in [0.2, 0.25) is 10.0 Å². The average molecular weight is 388 g/mol. The van der Waals surface area contributed by atoms with Gasteiger partial charge >= 0.3 is 0 Å². The van der Waals surface area contributed by atoms with Crippen LogP contribution in [0, 0.1) is 0 Å². The number of rotatable bonds is 6. The molecule has 21 heavy (non-hydrogen) atoms. The van der Waals surface area contributed by atoms with Crippen LogP contribution in [-0.2, 0) is 6.42 Å². The Morgan fingerprint density at radius 1 is 1.24 bits per heavy atom. The summed E-state index contributed by atoms with van der Waals surface area (Å²) >= 11 is 15.7. The van der Waals surface area contributed by atoms with Crippen molar-refractivity contribution in [3.8, 4) is 0 Å². The second-order valence-electron chi connectivity index (χ2n) is 4.84. The molecule has 0 spiro atoms. The Labute approximate surface area is 144 Å². The highest BCUT2D eigenvalue weighted by molar-refractivity contribution is 9.10. The molecule has 0 saturated carbocycles. The number of hydrogen-bond acceptors (Lipinski definition) is 2. The predicted octanol–water partition coefficient (Wildman–Crippen LogP) is 5.43. The molecule has 2 nitrogen and oxygen atoms in total. The lowest BCUT2D eigenvalue weighted by Crippen LogP contribution is -2.24. The Bertz CT molecular complexity index is 587. The van der Waals surface area contributed by atoms with E-state index in [1.54, 1.807) is 6.07 Å². The molecule has 1 heterocycles. The highest BCUT2D eigenvalue weighted by Crippen LogP contribution is 2.28. The minimum absolute atomic E-state index is 0.128. The van der Waals surface area contributed by atoms with E-state index in [0.717, 1.165) is 35.1 Å². The van der Waals surface area contributed by atoms with Crippen molar-refractivity contribution in [2.75, 3.05) is 6.54 Å². The van der Waals surface area contributed by atoms with E-state index in [2.05, 4.69) is 33.2 Å². The van der Waals surface area contributed by atoms with Gasteiger partial charge in [-0.2, -0.15) is 0 Å². The molecular formula is C16H17BrCl2N2. The smallest absolute Gasteiger partial charge is 0.0468 e. The van der Waals surface area contributed by atoms with Gasteiger partial charge in [0, 0.05) is 38.9 Å². The molecule has 1 atom stereocenters. The van der Waals surface area contributed by atoms with Crippen molar-refractivity contribution in [1.29, 1.82) is 0 Å². The van der Waals surface area contributed by atoms with Gasteiger partial charge in [0.2, 0.25) is 0 Å². The van der Waals surface area contributed by atoms with Crippen molar-refractivity contribution in [2.45, 2.75) is 25.8 Å². The quantitative estimate of drug-likeness (QED) is 0.714.